The molecule has 1 aromatic heterocycles. The lowest BCUT2D eigenvalue weighted by Gasteiger charge is -2.10. The van der Waals surface area contributed by atoms with Gasteiger partial charge in [0.25, 0.3) is 0 Å². The van der Waals surface area contributed by atoms with Crippen LogP contribution in [-0.4, -0.2) is 23.6 Å². The third-order valence-electron chi connectivity index (χ3n) is 3.39. The molecule has 0 spiro atoms. The fraction of sp³-hybridized carbons (Fsp3) is 0.400. The molecular weight excluding hydrogens is 241 g/mol. The molecule has 2 aromatic rings. The average molecular weight is 261 g/mol. The maximum Gasteiger partial charge on any atom is 0.126 e. The normalized spacial score (nSPS) is 12.6. The molecule has 2 N–H and O–H groups in total. The molecule has 1 atom stereocenters. The van der Waals surface area contributed by atoms with E-state index in [0.29, 0.717) is 11.5 Å². The molecule has 0 aliphatic carbocycles. The first-order chi connectivity index (χ1) is 9.15. The number of aryl methyl sites for hydroxylation is 1. The van der Waals surface area contributed by atoms with Crippen LogP contribution in [0.1, 0.15) is 30.7 Å². The van der Waals surface area contributed by atoms with Gasteiger partial charge in [0, 0.05) is 18.0 Å². The molecular formula is C15H20FN3. The minimum Gasteiger partial charge on any atom is -0.342 e. The summed E-state index contributed by atoms with van der Waals surface area (Å²) in [6.45, 7) is 4.81. The van der Waals surface area contributed by atoms with Gasteiger partial charge in [0.15, 0.2) is 0 Å². The largest absolute Gasteiger partial charge is 0.342 e. The second-order valence-corrected chi connectivity index (χ2v) is 4.81. The molecule has 0 amide bonds. The quantitative estimate of drug-likeness (QED) is 0.867. The first-order valence-corrected chi connectivity index (χ1v) is 6.61. The number of nitrogens with one attached hydrogen (secondary N) is 2. The van der Waals surface area contributed by atoms with Gasteiger partial charge >= 0.3 is 0 Å². The summed E-state index contributed by atoms with van der Waals surface area (Å²) in [5.41, 5.74) is 2.56. The second-order valence-electron chi connectivity index (χ2n) is 4.81. The van der Waals surface area contributed by atoms with Crippen LogP contribution in [-0.2, 0) is 0 Å². The molecule has 0 aliphatic rings. The summed E-state index contributed by atoms with van der Waals surface area (Å²) in [6.07, 6.45) is 2.84. The van der Waals surface area contributed by atoms with Crippen LogP contribution in [0.2, 0.25) is 0 Å². The van der Waals surface area contributed by atoms with Gasteiger partial charge in [-0.2, -0.15) is 0 Å². The average Bonchev–Trinajstić information content (AvgIpc) is 2.88. The summed E-state index contributed by atoms with van der Waals surface area (Å²) in [4.78, 5) is 7.78. The van der Waals surface area contributed by atoms with Gasteiger partial charge in [-0.1, -0.05) is 6.92 Å². The van der Waals surface area contributed by atoms with Crippen molar-refractivity contribution >= 4 is 0 Å². The van der Waals surface area contributed by atoms with E-state index in [0.717, 1.165) is 30.0 Å². The Bertz CT molecular complexity index is 548. The number of hydrogen-bond acceptors (Lipinski definition) is 2. The number of rotatable bonds is 5. The van der Waals surface area contributed by atoms with Crippen molar-refractivity contribution in [3.8, 4) is 11.3 Å². The molecule has 0 saturated heterocycles. The zero-order chi connectivity index (χ0) is 13.8. The zero-order valence-corrected chi connectivity index (χ0v) is 11.6. The van der Waals surface area contributed by atoms with Gasteiger partial charge in [-0.05, 0) is 44.2 Å². The highest BCUT2D eigenvalue weighted by atomic mass is 19.1. The first kappa shape index (κ1) is 13.7. The van der Waals surface area contributed by atoms with Gasteiger partial charge in [-0.15, -0.1) is 0 Å². The minimum atomic E-state index is -0.176. The summed E-state index contributed by atoms with van der Waals surface area (Å²) >= 11 is 0. The molecule has 1 heterocycles. The molecule has 1 unspecified atom stereocenters. The lowest BCUT2D eigenvalue weighted by Crippen LogP contribution is -2.17. The van der Waals surface area contributed by atoms with Crippen molar-refractivity contribution in [1.29, 1.82) is 0 Å². The van der Waals surface area contributed by atoms with Gasteiger partial charge in [-0.25, -0.2) is 9.37 Å². The van der Waals surface area contributed by atoms with Crippen molar-refractivity contribution in [3.05, 3.63) is 41.6 Å². The van der Waals surface area contributed by atoms with Crippen molar-refractivity contribution in [2.24, 2.45) is 0 Å². The van der Waals surface area contributed by atoms with Gasteiger partial charge in [0.05, 0.1) is 11.9 Å². The smallest absolute Gasteiger partial charge is 0.126 e. The number of halogens is 1. The summed E-state index contributed by atoms with van der Waals surface area (Å²) in [7, 11) is 1.94. The Hall–Kier alpha value is -1.68. The predicted molar refractivity (Wildman–Crippen MR) is 75.7 cm³/mol. The highest BCUT2D eigenvalue weighted by Crippen LogP contribution is 2.23. The van der Waals surface area contributed by atoms with E-state index in [1.807, 2.05) is 19.3 Å². The Kier molecular flexibility index (Phi) is 4.32. The Labute approximate surface area is 113 Å². The molecule has 0 fully saturated rings. The Morgan fingerprint density at radius 1 is 1.42 bits per heavy atom. The lowest BCUT2D eigenvalue weighted by atomic mass is 10.1. The highest BCUT2D eigenvalue weighted by Gasteiger charge is 2.13. The van der Waals surface area contributed by atoms with Crippen molar-refractivity contribution < 1.29 is 4.39 Å². The van der Waals surface area contributed by atoms with Crippen LogP contribution in [0.25, 0.3) is 11.3 Å². The summed E-state index contributed by atoms with van der Waals surface area (Å²) in [5, 5.41) is 3.17. The number of likely N-dealkylation sites (N-methyl/N-ethyl adjacent to an activating group) is 1. The Morgan fingerprint density at radius 2 is 2.21 bits per heavy atom. The number of imidazole rings is 1. The topological polar surface area (TPSA) is 40.7 Å². The monoisotopic (exact) mass is 261 g/mol. The van der Waals surface area contributed by atoms with Gasteiger partial charge in [0.2, 0.25) is 0 Å². The molecule has 102 valence electrons. The van der Waals surface area contributed by atoms with E-state index in [1.165, 1.54) is 6.07 Å². The molecule has 0 bridgehead atoms. The Morgan fingerprint density at radius 3 is 2.84 bits per heavy atom. The maximum atomic E-state index is 13.3. The Balaban J connectivity index is 2.27. The van der Waals surface area contributed by atoms with Crippen LogP contribution in [0.15, 0.2) is 24.4 Å². The third kappa shape index (κ3) is 3.01. The third-order valence-corrected chi connectivity index (χ3v) is 3.39. The van der Waals surface area contributed by atoms with Crippen LogP contribution in [0.4, 0.5) is 4.39 Å². The van der Waals surface area contributed by atoms with Crippen molar-refractivity contribution in [2.45, 2.75) is 26.2 Å². The van der Waals surface area contributed by atoms with Gasteiger partial charge in [0.1, 0.15) is 11.6 Å². The first-order valence-electron chi connectivity index (χ1n) is 6.61. The van der Waals surface area contributed by atoms with E-state index < -0.39 is 0 Å². The predicted octanol–water partition coefficient (Wildman–Crippen LogP) is 3.24. The summed E-state index contributed by atoms with van der Waals surface area (Å²) in [6, 6.07) is 5.11. The van der Waals surface area contributed by atoms with E-state index in [-0.39, 0.29) is 5.82 Å². The van der Waals surface area contributed by atoms with Gasteiger partial charge < -0.3 is 10.3 Å². The molecule has 0 saturated carbocycles. The van der Waals surface area contributed by atoms with Crippen molar-refractivity contribution in [1.82, 2.24) is 15.3 Å². The number of nitrogens with zero attached hydrogens (tertiary/aromatic N) is 1. The van der Waals surface area contributed by atoms with Crippen LogP contribution < -0.4 is 5.32 Å². The van der Waals surface area contributed by atoms with Crippen LogP contribution in [0, 0.1) is 12.7 Å². The minimum absolute atomic E-state index is 0.176. The van der Waals surface area contributed by atoms with E-state index in [4.69, 9.17) is 0 Å². The summed E-state index contributed by atoms with van der Waals surface area (Å²) < 4.78 is 13.3. The SMILES string of the molecule is CCC(CNC)c1ncc(-c2ccc(F)c(C)c2)[nH]1. The van der Waals surface area contributed by atoms with Gasteiger partial charge in [-0.3, -0.25) is 0 Å². The molecule has 1 aromatic carbocycles. The number of aromatic nitrogens is 2. The van der Waals surface area contributed by atoms with E-state index in [9.17, 15) is 4.39 Å². The molecule has 0 aliphatic heterocycles. The second kappa shape index (κ2) is 5.97. The molecule has 4 heteroatoms. The maximum absolute atomic E-state index is 13.3. The fourth-order valence-corrected chi connectivity index (χ4v) is 2.18. The van der Waals surface area contributed by atoms with Crippen LogP contribution in [0.5, 0.6) is 0 Å². The van der Waals surface area contributed by atoms with E-state index in [1.54, 1.807) is 13.0 Å². The van der Waals surface area contributed by atoms with Crippen molar-refractivity contribution in [2.75, 3.05) is 13.6 Å². The standard InChI is InChI=1S/C15H20FN3/c1-4-11(8-17-3)15-18-9-14(19-15)12-5-6-13(16)10(2)7-12/h5-7,9,11,17H,4,8H2,1-3H3,(H,18,19). The van der Waals surface area contributed by atoms with Crippen LogP contribution >= 0.6 is 0 Å². The molecule has 2 rings (SSSR count). The number of aromatic amines is 1. The van der Waals surface area contributed by atoms with Crippen LogP contribution in [0.3, 0.4) is 0 Å². The molecule has 0 radical (unpaired) electrons. The number of H-pyrrole nitrogens is 1. The van der Waals surface area contributed by atoms with E-state index >= 15 is 0 Å². The fourth-order valence-electron chi connectivity index (χ4n) is 2.18. The zero-order valence-electron chi connectivity index (χ0n) is 11.6. The number of benzene rings is 1. The van der Waals surface area contributed by atoms with Crippen molar-refractivity contribution in [3.63, 3.8) is 0 Å². The molecule has 3 nitrogen and oxygen atoms in total. The van der Waals surface area contributed by atoms with E-state index in [2.05, 4.69) is 22.2 Å². The summed E-state index contributed by atoms with van der Waals surface area (Å²) in [5.74, 6) is 1.18. The lowest BCUT2D eigenvalue weighted by molar-refractivity contribution is 0.586. The molecule has 19 heavy (non-hydrogen) atoms. The number of hydrogen-bond donors (Lipinski definition) is 2. The highest BCUT2D eigenvalue weighted by molar-refractivity contribution is 5.59.